The second-order valence-electron chi connectivity index (χ2n) is 5.58. The van der Waals surface area contributed by atoms with Crippen LogP contribution in [0.15, 0.2) is 24.4 Å². The smallest absolute Gasteiger partial charge is 0.357 e. The Balaban J connectivity index is 1.65. The summed E-state index contributed by atoms with van der Waals surface area (Å²) in [5, 5.41) is 0. The number of piperidine rings is 1. The highest BCUT2D eigenvalue weighted by Gasteiger charge is 2.34. The molecule has 0 aromatic carbocycles. The molecule has 1 aliphatic rings. The summed E-state index contributed by atoms with van der Waals surface area (Å²) in [5.41, 5.74) is 0.186. The molecule has 3 rings (SSSR count). The monoisotopic (exact) mass is 310 g/mol. The Morgan fingerprint density at radius 1 is 1.23 bits per heavy atom. The van der Waals surface area contributed by atoms with Crippen molar-refractivity contribution in [2.45, 2.75) is 31.9 Å². The predicted molar refractivity (Wildman–Crippen MR) is 76.8 cm³/mol. The standard InChI is InChI=1S/C15H17F3N4/c1-10-3-2-4-13(20-10)22-7-5-11(6-8-22)14-19-9-12(21-14)15(16,17)18/h2-4,9,11H,5-8H2,1H3,(H,19,21). The molecule has 22 heavy (non-hydrogen) atoms. The zero-order valence-electron chi connectivity index (χ0n) is 12.2. The zero-order valence-corrected chi connectivity index (χ0v) is 12.2. The summed E-state index contributed by atoms with van der Waals surface area (Å²) in [6, 6.07) is 5.87. The van der Waals surface area contributed by atoms with Crippen molar-refractivity contribution in [3.63, 3.8) is 0 Å². The Hall–Kier alpha value is -2.05. The summed E-state index contributed by atoms with van der Waals surface area (Å²) in [6.07, 6.45) is -1.96. The lowest BCUT2D eigenvalue weighted by atomic mass is 9.96. The summed E-state index contributed by atoms with van der Waals surface area (Å²) in [7, 11) is 0. The number of H-pyrrole nitrogens is 1. The number of nitrogens with zero attached hydrogens (tertiary/aromatic N) is 3. The second kappa shape index (κ2) is 5.62. The van der Waals surface area contributed by atoms with Gasteiger partial charge in [-0.25, -0.2) is 9.97 Å². The van der Waals surface area contributed by atoms with E-state index in [2.05, 4.69) is 19.9 Å². The van der Waals surface area contributed by atoms with Crippen molar-refractivity contribution in [3.8, 4) is 0 Å². The molecule has 0 spiro atoms. The Morgan fingerprint density at radius 2 is 1.95 bits per heavy atom. The number of nitrogens with one attached hydrogen (secondary N) is 1. The second-order valence-corrected chi connectivity index (χ2v) is 5.58. The van der Waals surface area contributed by atoms with Gasteiger partial charge >= 0.3 is 6.18 Å². The lowest BCUT2D eigenvalue weighted by Gasteiger charge is -2.32. The van der Waals surface area contributed by atoms with Gasteiger partial charge in [0.2, 0.25) is 0 Å². The van der Waals surface area contributed by atoms with Crippen LogP contribution in [0.5, 0.6) is 0 Å². The number of aromatic nitrogens is 3. The third-order valence-electron chi connectivity index (χ3n) is 3.98. The highest BCUT2D eigenvalue weighted by molar-refractivity contribution is 5.39. The Bertz CT molecular complexity index is 642. The SMILES string of the molecule is Cc1cccc(N2CCC(c3ncc(C(F)(F)F)[nH]3)CC2)n1. The fourth-order valence-electron chi connectivity index (χ4n) is 2.77. The van der Waals surface area contributed by atoms with E-state index in [0.29, 0.717) is 5.82 Å². The van der Waals surface area contributed by atoms with Crippen LogP contribution >= 0.6 is 0 Å². The van der Waals surface area contributed by atoms with Gasteiger partial charge < -0.3 is 9.88 Å². The number of hydrogen-bond acceptors (Lipinski definition) is 3. The third kappa shape index (κ3) is 3.08. The van der Waals surface area contributed by atoms with E-state index < -0.39 is 11.9 Å². The molecule has 1 saturated heterocycles. The molecule has 0 amide bonds. The number of aromatic amines is 1. The maximum atomic E-state index is 12.6. The van der Waals surface area contributed by atoms with Crippen LogP contribution in [0, 0.1) is 6.92 Å². The summed E-state index contributed by atoms with van der Waals surface area (Å²) in [5.74, 6) is 1.40. The average Bonchev–Trinajstić information content (AvgIpc) is 2.97. The molecule has 7 heteroatoms. The number of halogens is 3. The minimum atomic E-state index is -4.36. The average molecular weight is 310 g/mol. The van der Waals surface area contributed by atoms with Crippen molar-refractivity contribution in [1.29, 1.82) is 0 Å². The summed E-state index contributed by atoms with van der Waals surface area (Å²) >= 11 is 0. The van der Waals surface area contributed by atoms with Gasteiger partial charge in [0.05, 0.1) is 6.20 Å². The predicted octanol–water partition coefficient (Wildman–Crippen LogP) is 3.52. The van der Waals surface area contributed by atoms with Crippen molar-refractivity contribution in [1.82, 2.24) is 15.0 Å². The Morgan fingerprint density at radius 3 is 2.55 bits per heavy atom. The number of anilines is 1. The van der Waals surface area contributed by atoms with Crippen LogP contribution in [-0.2, 0) is 6.18 Å². The molecule has 1 aliphatic heterocycles. The van der Waals surface area contributed by atoms with Crippen LogP contribution in [0.3, 0.4) is 0 Å². The van der Waals surface area contributed by atoms with Gasteiger partial charge in [-0.2, -0.15) is 13.2 Å². The maximum Gasteiger partial charge on any atom is 0.432 e. The van der Waals surface area contributed by atoms with E-state index in [1.807, 2.05) is 25.1 Å². The number of imidazole rings is 1. The van der Waals surface area contributed by atoms with Gasteiger partial charge in [0.25, 0.3) is 0 Å². The van der Waals surface area contributed by atoms with Gasteiger partial charge in [-0.15, -0.1) is 0 Å². The first-order valence-electron chi connectivity index (χ1n) is 7.24. The van der Waals surface area contributed by atoms with Gasteiger partial charge in [0.1, 0.15) is 17.3 Å². The topological polar surface area (TPSA) is 44.8 Å². The molecular weight excluding hydrogens is 293 g/mol. The molecule has 0 unspecified atom stereocenters. The third-order valence-corrected chi connectivity index (χ3v) is 3.98. The minimum absolute atomic E-state index is 0.0390. The number of alkyl halides is 3. The number of pyridine rings is 1. The van der Waals surface area contributed by atoms with Crippen molar-refractivity contribution in [3.05, 3.63) is 41.6 Å². The molecule has 0 aliphatic carbocycles. The molecule has 0 radical (unpaired) electrons. The molecule has 0 atom stereocenters. The highest BCUT2D eigenvalue weighted by Crippen LogP contribution is 2.32. The van der Waals surface area contributed by atoms with Gasteiger partial charge in [0, 0.05) is 24.7 Å². The summed E-state index contributed by atoms with van der Waals surface area (Å²) in [6.45, 7) is 3.48. The molecule has 2 aromatic rings. The molecule has 0 bridgehead atoms. The van der Waals surface area contributed by atoms with Crippen LogP contribution in [-0.4, -0.2) is 28.0 Å². The van der Waals surface area contributed by atoms with E-state index in [1.54, 1.807) is 0 Å². The first-order chi connectivity index (χ1) is 10.4. The van der Waals surface area contributed by atoms with Crippen LogP contribution < -0.4 is 4.90 Å². The fourth-order valence-corrected chi connectivity index (χ4v) is 2.77. The van der Waals surface area contributed by atoms with Crippen LogP contribution in [0.4, 0.5) is 19.0 Å². The van der Waals surface area contributed by atoms with Gasteiger partial charge in [-0.05, 0) is 31.9 Å². The molecule has 3 heterocycles. The fraction of sp³-hybridized carbons (Fsp3) is 0.467. The van der Waals surface area contributed by atoms with E-state index in [1.165, 1.54) is 0 Å². The zero-order chi connectivity index (χ0) is 15.7. The lowest BCUT2D eigenvalue weighted by molar-refractivity contribution is -0.141. The van der Waals surface area contributed by atoms with E-state index in [0.717, 1.165) is 43.6 Å². The van der Waals surface area contributed by atoms with Crippen LogP contribution in [0.25, 0.3) is 0 Å². The number of rotatable bonds is 2. The first-order valence-corrected chi connectivity index (χ1v) is 7.24. The van der Waals surface area contributed by atoms with Crippen molar-refractivity contribution in [2.75, 3.05) is 18.0 Å². The van der Waals surface area contributed by atoms with E-state index >= 15 is 0 Å². The van der Waals surface area contributed by atoms with Crippen molar-refractivity contribution >= 4 is 5.82 Å². The largest absolute Gasteiger partial charge is 0.432 e. The number of aryl methyl sites for hydroxylation is 1. The molecule has 2 aromatic heterocycles. The van der Waals surface area contributed by atoms with E-state index in [9.17, 15) is 13.2 Å². The molecule has 1 N–H and O–H groups in total. The molecule has 1 fully saturated rings. The van der Waals surface area contributed by atoms with Crippen molar-refractivity contribution < 1.29 is 13.2 Å². The van der Waals surface area contributed by atoms with E-state index in [4.69, 9.17) is 0 Å². The minimum Gasteiger partial charge on any atom is -0.357 e. The highest BCUT2D eigenvalue weighted by atomic mass is 19.4. The molecular formula is C15H17F3N4. The molecule has 118 valence electrons. The van der Waals surface area contributed by atoms with E-state index in [-0.39, 0.29) is 5.92 Å². The Kier molecular flexibility index (Phi) is 3.80. The Labute approximate surface area is 126 Å². The lowest BCUT2D eigenvalue weighted by Crippen LogP contribution is -2.33. The summed E-state index contributed by atoms with van der Waals surface area (Å²) in [4.78, 5) is 13.0. The van der Waals surface area contributed by atoms with Crippen molar-refractivity contribution in [2.24, 2.45) is 0 Å². The quantitative estimate of drug-likeness (QED) is 0.923. The van der Waals surface area contributed by atoms with Crippen LogP contribution in [0.1, 0.15) is 36.0 Å². The van der Waals surface area contributed by atoms with Gasteiger partial charge in [-0.1, -0.05) is 6.07 Å². The first kappa shape index (κ1) is 14.9. The molecule has 4 nitrogen and oxygen atoms in total. The molecule has 0 saturated carbocycles. The summed E-state index contributed by atoms with van der Waals surface area (Å²) < 4.78 is 37.8. The van der Waals surface area contributed by atoms with Gasteiger partial charge in [-0.3, -0.25) is 0 Å². The van der Waals surface area contributed by atoms with Crippen LogP contribution in [0.2, 0.25) is 0 Å². The maximum absolute atomic E-state index is 12.6. The number of hydrogen-bond donors (Lipinski definition) is 1. The normalized spacial score (nSPS) is 17.0. The van der Waals surface area contributed by atoms with Gasteiger partial charge in [0.15, 0.2) is 0 Å².